The molecule has 0 fully saturated rings. The second-order valence-electron chi connectivity index (χ2n) is 4.87. The van der Waals surface area contributed by atoms with Gasteiger partial charge in [-0.25, -0.2) is 4.79 Å². The highest BCUT2D eigenvalue weighted by Gasteiger charge is 2.15. The third-order valence-electron chi connectivity index (χ3n) is 1.93. The van der Waals surface area contributed by atoms with Crippen molar-refractivity contribution in [2.75, 3.05) is 6.54 Å². The van der Waals surface area contributed by atoms with Crippen molar-refractivity contribution in [1.82, 2.24) is 5.32 Å². The number of carboxylic acid groups (broad SMARTS) is 1. The molecular weight excluding hydrogens is 260 g/mol. The lowest BCUT2D eigenvalue weighted by Gasteiger charge is -2.19. The number of hydrogen-bond acceptors (Lipinski definition) is 4. The lowest BCUT2D eigenvalue weighted by molar-refractivity contribution is -0.138. The molecule has 7 heteroatoms. The van der Waals surface area contributed by atoms with E-state index in [0.29, 0.717) is 25.8 Å². The molecule has 0 aromatic heterocycles. The highest BCUT2D eigenvalue weighted by atomic mass is 35.5. The minimum atomic E-state index is -0.995. The van der Waals surface area contributed by atoms with Crippen LogP contribution in [0.15, 0.2) is 0 Å². The number of unbranched alkanes of at least 4 members (excludes halogenated alkanes) is 1. The number of rotatable bonds is 6. The molecule has 0 saturated heterocycles. The first-order valence-corrected chi connectivity index (χ1v) is 5.67. The molecule has 0 aliphatic carbocycles. The van der Waals surface area contributed by atoms with Crippen LogP contribution in [0.3, 0.4) is 0 Å². The highest BCUT2D eigenvalue weighted by Crippen LogP contribution is 2.06. The Morgan fingerprint density at radius 3 is 2.39 bits per heavy atom. The van der Waals surface area contributed by atoms with Crippen LogP contribution in [0.25, 0.3) is 0 Å². The number of nitrogens with two attached hydrogens (primary N) is 1. The number of alkyl carbamates (subject to hydrolysis) is 1. The first-order chi connectivity index (χ1) is 7.72. The highest BCUT2D eigenvalue weighted by molar-refractivity contribution is 5.85. The molecule has 1 amide bonds. The van der Waals surface area contributed by atoms with E-state index in [0.717, 1.165) is 0 Å². The molecular formula is C11H24ClN2O4+. The molecule has 0 bridgehead atoms. The van der Waals surface area contributed by atoms with E-state index in [9.17, 15) is 9.59 Å². The van der Waals surface area contributed by atoms with Gasteiger partial charge < -0.3 is 20.9 Å². The van der Waals surface area contributed by atoms with Crippen LogP contribution >= 0.6 is 12.4 Å². The zero-order chi connectivity index (χ0) is 13.5. The van der Waals surface area contributed by atoms with Crippen LogP contribution in [0.4, 0.5) is 4.79 Å². The molecule has 0 radical (unpaired) electrons. The quantitative estimate of drug-likeness (QED) is 0.643. The molecule has 0 aromatic rings. The van der Waals surface area contributed by atoms with E-state index < -0.39 is 23.7 Å². The third-order valence-corrected chi connectivity index (χ3v) is 1.93. The fourth-order valence-electron chi connectivity index (χ4n) is 1.12. The van der Waals surface area contributed by atoms with Crippen molar-refractivity contribution in [3.05, 3.63) is 0 Å². The smallest absolute Gasteiger partial charge is 0.480 e. The van der Waals surface area contributed by atoms with Gasteiger partial charge in [-0.1, -0.05) is 0 Å². The molecule has 108 valence electrons. The maximum Gasteiger partial charge on any atom is 1.00 e. The van der Waals surface area contributed by atoms with Gasteiger partial charge in [0.25, 0.3) is 0 Å². The molecule has 0 spiro atoms. The molecule has 0 heterocycles. The number of hydrogen-bond donors (Lipinski definition) is 3. The van der Waals surface area contributed by atoms with Crippen LogP contribution in [-0.2, 0) is 9.53 Å². The van der Waals surface area contributed by atoms with Crippen molar-refractivity contribution in [2.24, 2.45) is 5.73 Å². The van der Waals surface area contributed by atoms with Crippen LogP contribution in [0.5, 0.6) is 0 Å². The summed E-state index contributed by atoms with van der Waals surface area (Å²) in [4.78, 5) is 21.6. The number of carbonyl (C=O) groups excluding carboxylic acids is 1. The Labute approximate surface area is 115 Å². The lowest BCUT2D eigenvalue weighted by Crippen LogP contribution is -2.33. The normalized spacial score (nSPS) is 12.2. The summed E-state index contributed by atoms with van der Waals surface area (Å²) in [5, 5.41) is 11.1. The summed E-state index contributed by atoms with van der Waals surface area (Å²) >= 11 is 0. The zero-order valence-electron chi connectivity index (χ0n) is 12.1. The summed E-state index contributed by atoms with van der Waals surface area (Å²) in [5.74, 6) is -0.995. The van der Waals surface area contributed by atoms with E-state index in [2.05, 4.69) is 5.32 Å². The second kappa shape index (κ2) is 8.99. The maximum absolute atomic E-state index is 11.2. The predicted octanol–water partition coefficient (Wildman–Crippen LogP) is 1.63. The average molecular weight is 284 g/mol. The second-order valence-corrected chi connectivity index (χ2v) is 4.87. The summed E-state index contributed by atoms with van der Waals surface area (Å²) in [7, 11) is 0. The molecule has 1 atom stereocenters. The Hall–Kier alpha value is -1.01. The Morgan fingerprint density at radius 1 is 1.39 bits per heavy atom. The van der Waals surface area contributed by atoms with Gasteiger partial charge in [-0.05, 0) is 40.0 Å². The summed E-state index contributed by atoms with van der Waals surface area (Å²) in [5.41, 5.74) is 4.83. The lowest BCUT2D eigenvalue weighted by atomic mass is 10.1. The van der Waals surface area contributed by atoms with Gasteiger partial charge in [0.2, 0.25) is 0 Å². The van der Waals surface area contributed by atoms with E-state index in [1.54, 1.807) is 20.8 Å². The number of carbonyl (C=O) groups is 2. The fourth-order valence-corrected chi connectivity index (χ4v) is 1.12. The molecule has 6 nitrogen and oxygen atoms in total. The largest absolute Gasteiger partial charge is 1.00 e. The predicted molar refractivity (Wildman–Crippen MR) is 72.1 cm³/mol. The van der Waals surface area contributed by atoms with Crippen molar-refractivity contribution in [1.29, 1.82) is 0 Å². The molecule has 0 aliphatic rings. The van der Waals surface area contributed by atoms with Crippen molar-refractivity contribution in [3.8, 4) is 0 Å². The number of nitrogens with one attached hydrogen (secondary N) is 1. The molecule has 0 unspecified atom stereocenters. The maximum atomic E-state index is 11.2. The van der Waals surface area contributed by atoms with Gasteiger partial charge in [0.1, 0.15) is 11.6 Å². The SMILES string of the molecule is CC(C)(C)OC(=O)NCCCC[C@H](N)C(=O)O.Cl.[H+]. The van der Waals surface area contributed by atoms with Crippen molar-refractivity contribution in [2.45, 2.75) is 51.7 Å². The van der Waals surface area contributed by atoms with Crippen LogP contribution in [-0.4, -0.2) is 35.4 Å². The van der Waals surface area contributed by atoms with Gasteiger partial charge in [0.15, 0.2) is 0 Å². The van der Waals surface area contributed by atoms with E-state index in [1.807, 2.05) is 0 Å². The summed E-state index contributed by atoms with van der Waals surface area (Å²) in [6.45, 7) is 5.83. The third kappa shape index (κ3) is 11.5. The Kier molecular flexibility index (Phi) is 9.66. The van der Waals surface area contributed by atoms with Gasteiger partial charge in [-0.3, -0.25) is 4.79 Å². The van der Waals surface area contributed by atoms with Crippen molar-refractivity contribution >= 4 is 24.5 Å². The number of amides is 1. The number of aliphatic carboxylic acids is 1. The van der Waals surface area contributed by atoms with Crippen LogP contribution in [0.2, 0.25) is 0 Å². The van der Waals surface area contributed by atoms with E-state index >= 15 is 0 Å². The standard InChI is InChI=1S/C11H22N2O4.ClH/c1-11(2,3)17-10(16)13-7-5-4-6-8(12)9(14)15;/h8H,4-7,12H2,1-3H3,(H,13,16)(H,14,15);1H/p+1/t8-;/m0./s1. The van der Waals surface area contributed by atoms with E-state index in [-0.39, 0.29) is 13.8 Å². The molecule has 18 heavy (non-hydrogen) atoms. The number of ether oxygens (including phenoxy) is 1. The van der Waals surface area contributed by atoms with Crippen LogP contribution in [0.1, 0.15) is 41.5 Å². The van der Waals surface area contributed by atoms with Gasteiger partial charge in [0, 0.05) is 6.54 Å². The minimum Gasteiger partial charge on any atom is -0.480 e. The molecule has 0 saturated carbocycles. The molecule has 0 aromatic carbocycles. The minimum absolute atomic E-state index is 0. The molecule has 0 aliphatic heterocycles. The van der Waals surface area contributed by atoms with Crippen molar-refractivity contribution < 1.29 is 20.9 Å². The first-order valence-electron chi connectivity index (χ1n) is 5.67. The van der Waals surface area contributed by atoms with E-state index in [1.165, 1.54) is 0 Å². The van der Waals surface area contributed by atoms with E-state index in [4.69, 9.17) is 15.6 Å². The average Bonchev–Trinajstić information content (AvgIpc) is 2.13. The topological polar surface area (TPSA) is 102 Å². The fraction of sp³-hybridized carbons (Fsp3) is 0.818. The Bertz CT molecular complexity index is 272. The van der Waals surface area contributed by atoms with Gasteiger partial charge in [-0.2, -0.15) is 0 Å². The van der Waals surface area contributed by atoms with Gasteiger partial charge in [-0.15, -0.1) is 12.4 Å². The Balaban J connectivity index is -0.00000128. The van der Waals surface area contributed by atoms with Crippen molar-refractivity contribution in [3.63, 3.8) is 0 Å². The molecule has 4 N–H and O–H groups in total. The van der Waals surface area contributed by atoms with Gasteiger partial charge >= 0.3 is 13.5 Å². The van der Waals surface area contributed by atoms with Crippen LogP contribution < -0.4 is 11.1 Å². The molecule has 0 rings (SSSR count). The van der Waals surface area contributed by atoms with Crippen LogP contribution in [0, 0.1) is 0 Å². The summed E-state index contributed by atoms with van der Waals surface area (Å²) in [6.07, 6.45) is 1.29. The summed E-state index contributed by atoms with van der Waals surface area (Å²) in [6, 6.07) is -0.823. The number of carboxylic acids is 1. The first kappa shape index (κ1) is 19.3. The Morgan fingerprint density at radius 2 is 1.94 bits per heavy atom. The monoisotopic (exact) mass is 283 g/mol. The number of halogens is 1. The zero-order valence-corrected chi connectivity index (χ0v) is 11.9. The van der Waals surface area contributed by atoms with Gasteiger partial charge in [0.05, 0.1) is 0 Å². The summed E-state index contributed by atoms with van der Waals surface area (Å²) < 4.78 is 5.03.